The molecule has 1 unspecified atom stereocenters. The third-order valence-electron chi connectivity index (χ3n) is 5.19. The van der Waals surface area contributed by atoms with Crippen molar-refractivity contribution in [2.24, 2.45) is 0 Å². The first-order valence-corrected chi connectivity index (χ1v) is 9.12. The first-order chi connectivity index (χ1) is 12.6. The van der Waals surface area contributed by atoms with Crippen LogP contribution in [0.1, 0.15) is 46.2 Å². The third-order valence-corrected chi connectivity index (χ3v) is 5.19. The van der Waals surface area contributed by atoms with Crippen LogP contribution in [-0.4, -0.2) is 26.9 Å². The van der Waals surface area contributed by atoms with Crippen molar-refractivity contribution in [1.82, 2.24) is 14.5 Å². The van der Waals surface area contributed by atoms with Crippen molar-refractivity contribution in [1.29, 1.82) is 0 Å². The molecule has 4 nitrogen and oxygen atoms in total. The fourth-order valence-electron chi connectivity index (χ4n) is 3.86. The fraction of sp³-hybridized carbons (Fsp3) is 0.273. The maximum atomic E-state index is 12.9. The van der Waals surface area contributed by atoms with Crippen LogP contribution in [0.15, 0.2) is 60.8 Å². The Kier molecular flexibility index (Phi) is 4.33. The smallest absolute Gasteiger partial charge is 0.254 e. The molecule has 0 radical (unpaired) electrons. The lowest BCUT2D eigenvalue weighted by Gasteiger charge is -2.25. The number of hydrogen-bond donors (Lipinski definition) is 0. The molecule has 1 fully saturated rings. The number of amides is 1. The molecule has 1 aliphatic rings. The molecule has 3 heterocycles. The highest BCUT2D eigenvalue weighted by Gasteiger charge is 2.30. The van der Waals surface area contributed by atoms with Crippen LogP contribution in [0.2, 0.25) is 0 Å². The van der Waals surface area contributed by atoms with E-state index in [4.69, 9.17) is 0 Å². The second-order valence-electron chi connectivity index (χ2n) is 6.92. The van der Waals surface area contributed by atoms with Crippen molar-refractivity contribution >= 4 is 5.91 Å². The molecule has 1 amide bonds. The third kappa shape index (κ3) is 2.92. The van der Waals surface area contributed by atoms with Gasteiger partial charge in [0, 0.05) is 29.7 Å². The van der Waals surface area contributed by atoms with Crippen LogP contribution in [-0.2, 0) is 0 Å². The van der Waals surface area contributed by atoms with E-state index in [0.29, 0.717) is 0 Å². The van der Waals surface area contributed by atoms with Gasteiger partial charge in [-0.05, 0) is 62.6 Å². The Morgan fingerprint density at radius 2 is 1.73 bits per heavy atom. The predicted octanol–water partition coefficient (Wildman–Crippen LogP) is 4.47. The maximum Gasteiger partial charge on any atom is 0.254 e. The van der Waals surface area contributed by atoms with Gasteiger partial charge in [-0.1, -0.05) is 24.3 Å². The molecule has 1 aliphatic heterocycles. The number of likely N-dealkylation sites (tertiary alicyclic amines) is 1. The summed E-state index contributed by atoms with van der Waals surface area (Å²) in [5.41, 5.74) is 4.20. The van der Waals surface area contributed by atoms with Gasteiger partial charge in [-0.15, -0.1) is 0 Å². The number of carbonyl (C=O) groups excluding carboxylic acids is 1. The molecule has 4 rings (SSSR count). The molecule has 0 N–H and O–H groups in total. The molecule has 0 aliphatic carbocycles. The van der Waals surface area contributed by atoms with E-state index in [0.717, 1.165) is 36.3 Å². The molecule has 1 saturated heterocycles. The van der Waals surface area contributed by atoms with Gasteiger partial charge < -0.3 is 9.47 Å². The normalized spacial score (nSPS) is 16.8. The topological polar surface area (TPSA) is 38.1 Å². The Bertz CT molecular complexity index is 893. The molecule has 26 heavy (non-hydrogen) atoms. The molecule has 0 bridgehead atoms. The highest BCUT2D eigenvalue weighted by atomic mass is 16.2. The average molecular weight is 345 g/mol. The van der Waals surface area contributed by atoms with Crippen molar-refractivity contribution in [2.45, 2.75) is 32.7 Å². The first-order valence-electron chi connectivity index (χ1n) is 9.12. The van der Waals surface area contributed by atoms with E-state index >= 15 is 0 Å². The van der Waals surface area contributed by atoms with E-state index in [1.54, 1.807) is 0 Å². The minimum atomic E-state index is 0.106. The first kappa shape index (κ1) is 16.6. The van der Waals surface area contributed by atoms with Gasteiger partial charge in [-0.2, -0.15) is 0 Å². The van der Waals surface area contributed by atoms with E-state index in [1.165, 1.54) is 11.4 Å². The summed E-state index contributed by atoms with van der Waals surface area (Å²) in [6, 6.07) is 18.0. The van der Waals surface area contributed by atoms with Gasteiger partial charge in [0.25, 0.3) is 5.91 Å². The van der Waals surface area contributed by atoms with E-state index in [-0.39, 0.29) is 11.9 Å². The maximum absolute atomic E-state index is 12.9. The van der Waals surface area contributed by atoms with Crippen LogP contribution in [0.5, 0.6) is 0 Å². The molecule has 3 aromatic rings. The lowest BCUT2D eigenvalue weighted by molar-refractivity contribution is 0.0735. The Hall–Kier alpha value is -2.88. The van der Waals surface area contributed by atoms with Crippen LogP contribution in [0.3, 0.4) is 0 Å². The Morgan fingerprint density at radius 1 is 1.00 bits per heavy atom. The number of aromatic nitrogens is 2. The second-order valence-corrected chi connectivity index (χ2v) is 6.92. The van der Waals surface area contributed by atoms with Crippen molar-refractivity contribution < 1.29 is 4.79 Å². The van der Waals surface area contributed by atoms with Crippen LogP contribution in [0.25, 0.3) is 5.82 Å². The second kappa shape index (κ2) is 6.79. The summed E-state index contributed by atoms with van der Waals surface area (Å²) < 4.78 is 2.14. The molecule has 132 valence electrons. The highest BCUT2D eigenvalue weighted by molar-refractivity contribution is 5.94. The van der Waals surface area contributed by atoms with E-state index in [2.05, 4.69) is 47.7 Å². The van der Waals surface area contributed by atoms with Gasteiger partial charge >= 0.3 is 0 Å². The fourth-order valence-corrected chi connectivity index (χ4v) is 3.86. The van der Waals surface area contributed by atoms with Crippen LogP contribution < -0.4 is 0 Å². The summed E-state index contributed by atoms with van der Waals surface area (Å²) in [6.07, 6.45) is 3.94. The van der Waals surface area contributed by atoms with Crippen molar-refractivity contribution in [3.8, 4) is 5.82 Å². The number of benzene rings is 1. The summed E-state index contributed by atoms with van der Waals surface area (Å²) in [7, 11) is 0. The van der Waals surface area contributed by atoms with E-state index < -0.39 is 0 Å². The predicted molar refractivity (Wildman–Crippen MR) is 102 cm³/mol. The minimum Gasteiger partial charge on any atom is -0.332 e. The zero-order valence-corrected chi connectivity index (χ0v) is 15.2. The molecule has 0 saturated carbocycles. The standard InChI is InChI=1S/C22H23N3O/c1-16-10-11-17(2)25(16)21-13-12-19(15-23-21)20-9-6-14-24(20)22(26)18-7-4-3-5-8-18/h3-5,7-8,10-13,15,20H,6,9,14H2,1-2H3. The lowest BCUT2D eigenvalue weighted by atomic mass is 10.1. The van der Waals surface area contributed by atoms with E-state index in [1.807, 2.05) is 41.4 Å². The van der Waals surface area contributed by atoms with Gasteiger partial charge in [-0.25, -0.2) is 4.98 Å². The lowest BCUT2D eigenvalue weighted by Crippen LogP contribution is -2.30. The van der Waals surface area contributed by atoms with Gasteiger partial charge in [0.05, 0.1) is 6.04 Å². The summed E-state index contributed by atoms with van der Waals surface area (Å²) in [6.45, 7) is 4.97. The Balaban J connectivity index is 1.60. The summed E-state index contributed by atoms with van der Waals surface area (Å²) in [5, 5.41) is 0. The van der Waals surface area contributed by atoms with Gasteiger partial charge in [0.15, 0.2) is 0 Å². The minimum absolute atomic E-state index is 0.106. The number of aryl methyl sites for hydroxylation is 2. The van der Waals surface area contributed by atoms with Crippen molar-refractivity contribution in [3.63, 3.8) is 0 Å². The number of hydrogen-bond acceptors (Lipinski definition) is 2. The summed E-state index contributed by atoms with van der Waals surface area (Å²) >= 11 is 0. The Morgan fingerprint density at radius 3 is 2.38 bits per heavy atom. The summed E-state index contributed by atoms with van der Waals surface area (Å²) in [4.78, 5) is 19.5. The number of nitrogens with zero attached hydrogens (tertiary/aromatic N) is 3. The number of pyridine rings is 1. The highest BCUT2D eigenvalue weighted by Crippen LogP contribution is 2.33. The Labute approximate surface area is 154 Å². The van der Waals surface area contributed by atoms with Gasteiger partial charge in [0.2, 0.25) is 0 Å². The molecular weight excluding hydrogens is 322 g/mol. The van der Waals surface area contributed by atoms with Crippen LogP contribution >= 0.6 is 0 Å². The SMILES string of the molecule is Cc1ccc(C)n1-c1ccc(C2CCCN2C(=O)c2ccccc2)cn1. The molecular formula is C22H23N3O. The van der Waals surface area contributed by atoms with Crippen molar-refractivity contribution in [2.75, 3.05) is 6.54 Å². The molecule has 1 aromatic carbocycles. The monoisotopic (exact) mass is 345 g/mol. The average Bonchev–Trinajstić information content (AvgIpc) is 3.29. The molecule has 0 spiro atoms. The number of rotatable bonds is 3. The van der Waals surface area contributed by atoms with E-state index in [9.17, 15) is 4.79 Å². The van der Waals surface area contributed by atoms with Gasteiger partial charge in [0.1, 0.15) is 5.82 Å². The van der Waals surface area contributed by atoms with Crippen molar-refractivity contribution in [3.05, 3.63) is 83.3 Å². The van der Waals surface area contributed by atoms with Crippen LogP contribution in [0.4, 0.5) is 0 Å². The van der Waals surface area contributed by atoms with Crippen LogP contribution in [0, 0.1) is 13.8 Å². The quantitative estimate of drug-likeness (QED) is 0.702. The molecule has 1 atom stereocenters. The zero-order chi connectivity index (χ0) is 18.1. The molecule has 2 aromatic heterocycles. The summed E-state index contributed by atoms with van der Waals surface area (Å²) in [5.74, 6) is 1.03. The van der Waals surface area contributed by atoms with Gasteiger partial charge in [-0.3, -0.25) is 4.79 Å². The zero-order valence-electron chi connectivity index (χ0n) is 15.2. The largest absolute Gasteiger partial charge is 0.332 e. The number of carbonyl (C=O) groups is 1. The molecule has 4 heteroatoms.